The summed E-state index contributed by atoms with van der Waals surface area (Å²) >= 11 is 2.41. The number of carbonyl (C=O) groups is 2. The van der Waals surface area contributed by atoms with Gasteiger partial charge in [0.2, 0.25) is 0 Å². The highest BCUT2D eigenvalue weighted by molar-refractivity contribution is 7.40. The van der Waals surface area contributed by atoms with Gasteiger partial charge in [-0.2, -0.15) is 0 Å². The van der Waals surface area contributed by atoms with Crippen molar-refractivity contribution in [1.82, 2.24) is 0 Å². The van der Waals surface area contributed by atoms with Crippen molar-refractivity contribution >= 4 is 55.1 Å². The van der Waals surface area contributed by atoms with Gasteiger partial charge in [-0.05, 0) is 0 Å². The molecule has 0 radical (unpaired) electrons. The quantitative estimate of drug-likeness (QED) is 0.704. The van der Waals surface area contributed by atoms with Crippen LogP contribution in [0.1, 0.15) is 26.3 Å². The third-order valence-corrected chi connectivity index (χ3v) is 4.78. The first-order valence-corrected chi connectivity index (χ1v) is 5.97. The number of Topliss-reactive ketones (excluding diaryl/α,β-unsaturated/α-hetero) is 1. The normalized spacial score (nSPS) is 10.8. The van der Waals surface area contributed by atoms with Crippen molar-refractivity contribution in [3.8, 4) is 0 Å². The summed E-state index contributed by atoms with van der Waals surface area (Å²) in [6, 6.07) is 0. The zero-order valence-electron chi connectivity index (χ0n) is 8.37. The third-order valence-electron chi connectivity index (χ3n) is 2.17. The fraction of sp³-hybridized carbons (Fsp3) is 0.111. The number of anilines is 2. The molecule has 0 aliphatic carbocycles. The first kappa shape index (κ1) is 10.9. The van der Waals surface area contributed by atoms with E-state index >= 15 is 0 Å². The molecule has 0 bridgehead atoms. The Labute approximate surface area is 98.8 Å². The molecule has 0 fully saturated rings. The summed E-state index contributed by atoms with van der Waals surface area (Å²) in [5, 5.41) is 0.578. The average molecular weight is 255 g/mol. The van der Waals surface area contributed by atoms with Crippen LogP contribution in [0.4, 0.5) is 11.4 Å². The number of ketones is 1. The molecule has 16 heavy (non-hydrogen) atoms. The Morgan fingerprint density at radius 3 is 2.00 bits per heavy atom. The first-order valence-electron chi connectivity index (χ1n) is 4.34. The second-order valence-electron chi connectivity index (χ2n) is 3.27. The number of nitrogens with two attached hydrogens (primary N) is 3. The van der Waals surface area contributed by atoms with Crippen molar-refractivity contribution in [2.75, 3.05) is 11.5 Å². The van der Waals surface area contributed by atoms with E-state index in [0.29, 0.717) is 20.8 Å². The van der Waals surface area contributed by atoms with Crippen LogP contribution in [0.5, 0.6) is 0 Å². The summed E-state index contributed by atoms with van der Waals surface area (Å²) in [6.45, 7) is 1.44. The number of rotatable bonds is 2. The summed E-state index contributed by atoms with van der Waals surface area (Å²) in [6.07, 6.45) is 0. The zero-order chi connectivity index (χ0) is 12.0. The second kappa shape index (κ2) is 3.46. The van der Waals surface area contributed by atoms with Gasteiger partial charge < -0.3 is 17.2 Å². The molecular weight excluding hydrogens is 246 g/mol. The number of thiophene rings is 2. The molecule has 5 nitrogen and oxygen atoms in total. The summed E-state index contributed by atoms with van der Waals surface area (Å²) < 4.78 is 0.758. The van der Waals surface area contributed by atoms with E-state index in [0.717, 1.165) is 4.01 Å². The van der Waals surface area contributed by atoms with Crippen LogP contribution in [0.2, 0.25) is 0 Å². The molecule has 0 saturated heterocycles. The Kier molecular flexibility index (Phi) is 2.36. The molecule has 2 rings (SSSR count). The second-order valence-corrected chi connectivity index (χ2v) is 5.57. The van der Waals surface area contributed by atoms with Crippen molar-refractivity contribution in [3.05, 3.63) is 9.75 Å². The molecule has 6 N–H and O–H groups in total. The number of primary amides is 1. The van der Waals surface area contributed by atoms with Crippen molar-refractivity contribution in [1.29, 1.82) is 0 Å². The van der Waals surface area contributed by atoms with Crippen LogP contribution in [-0.2, 0) is 0 Å². The van der Waals surface area contributed by atoms with Crippen LogP contribution in [0.15, 0.2) is 0 Å². The highest BCUT2D eigenvalue weighted by Crippen LogP contribution is 2.44. The van der Waals surface area contributed by atoms with E-state index in [1.165, 1.54) is 29.6 Å². The van der Waals surface area contributed by atoms with Gasteiger partial charge in [-0.1, -0.05) is 0 Å². The van der Waals surface area contributed by atoms with Gasteiger partial charge in [0, 0.05) is 6.92 Å². The molecular formula is C9H9N3O2S2. The van der Waals surface area contributed by atoms with E-state index in [1.807, 2.05) is 0 Å². The minimum absolute atomic E-state index is 0.106. The molecule has 0 unspecified atom stereocenters. The highest BCUT2D eigenvalue weighted by Gasteiger charge is 2.21. The number of carbonyl (C=O) groups excluding carboxylic acids is 2. The van der Waals surface area contributed by atoms with Gasteiger partial charge in [0.15, 0.2) is 5.78 Å². The molecule has 0 atom stereocenters. The molecule has 84 valence electrons. The lowest BCUT2D eigenvalue weighted by Crippen LogP contribution is -2.10. The molecule has 0 aromatic carbocycles. The largest absolute Gasteiger partial charge is 0.397 e. The summed E-state index contributed by atoms with van der Waals surface area (Å²) in [4.78, 5) is 23.1. The summed E-state index contributed by atoms with van der Waals surface area (Å²) in [7, 11) is 0. The van der Waals surface area contributed by atoms with Crippen LogP contribution < -0.4 is 17.2 Å². The predicted octanol–water partition coefficient (Wildman–Crippen LogP) is 1.43. The van der Waals surface area contributed by atoms with Crippen molar-refractivity contribution in [2.45, 2.75) is 6.92 Å². The average Bonchev–Trinajstić information content (AvgIpc) is 2.66. The summed E-state index contributed by atoms with van der Waals surface area (Å²) in [5.41, 5.74) is 17.4. The smallest absolute Gasteiger partial charge is 0.260 e. The zero-order valence-corrected chi connectivity index (χ0v) is 10.00. The monoisotopic (exact) mass is 255 g/mol. The van der Waals surface area contributed by atoms with E-state index in [2.05, 4.69) is 0 Å². The fourth-order valence-electron chi connectivity index (χ4n) is 1.45. The third kappa shape index (κ3) is 1.36. The van der Waals surface area contributed by atoms with Crippen LogP contribution in [0.3, 0.4) is 0 Å². The minimum Gasteiger partial charge on any atom is -0.397 e. The van der Waals surface area contributed by atoms with Gasteiger partial charge in [-0.15, -0.1) is 22.7 Å². The van der Waals surface area contributed by atoms with Gasteiger partial charge in [0.05, 0.1) is 25.7 Å². The molecule has 7 heteroatoms. The molecule has 1 amide bonds. The lowest BCUT2D eigenvalue weighted by atomic mass is 10.2. The number of amides is 1. The lowest BCUT2D eigenvalue weighted by molar-refractivity contribution is 0.100. The van der Waals surface area contributed by atoms with Crippen molar-refractivity contribution < 1.29 is 9.59 Å². The standard InChI is InChI=1S/C9H9N3O2S2/c1-2(13)6-4(10)3-5(11)7(8(12)14)16-9(3)15-6/h10-11H2,1H3,(H2,12,14). The number of hydrogen-bond donors (Lipinski definition) is 3. The molecule has 2 aromatic rings. The minimum atomic E-state index is -0.574. The number of nitrogen functional groups attached to an aromatic ring is 2. The summed E-state index contributed by atoms with van der Waals surface area (Å²) in [5.74, 6) is -0.680. The SMILES string of the molecule is CC(=O)c1sc2sc(C(N)=O)c(N)c2c1N. The van der Waals surface area contributed by atoms with Gasteiger partial charge in [-0.3, -0.25) is 9.59 Å². The van der Waals surface area contributed by atoms with Crippen molar-refractivity contribution in [3.63, 3.8) is 0 Å². The Hall–Kier alpha value is -1.60. The van der Waals surface area contributed by atoms with Crippen LogP contribution in [0.25, 0.3) is 9.40 Å². The molecule has 0 aliphatic heterocycles. The van der Waals surface area contributed by atoms with Gasteiger partial charge in [0.25, 0.3) is 5.91 Å². The van der Waals surface area contributed by atoms with Gasteiger partial charge in [-0.25, -0.2) is 0 Å². The fourth-order valence-corrected chi connectivity index (χ4v) is 3.80. The van der Waals surface area contributed by atoms with E-state index < -0.39 is 5.91 Å². The predicted molar refractivity (Wildman–Crippen MR) is 67.0 cm³/mol. The Morgan fingerprint density at radius 2 is 1.56 bits per heavy atom. The number of hydrogen-bond acceptors (Lipinski definition) is 6. The topological polar surface area (TPSA) is 112 Å². The first-order chi connectivity index (χ1) is 7.43. The molecule has 2 aromatic heterocycles. The molecule has 2 heterocycles. The van der Waals surface area contributed by atoms with Crippen molar-refractivity contribution in [2.24, 2.45) is 5.73 Å². The maximum Gasteiger partial charge on any atom is 0.260 e. The van der Waals surface area contributed by atoms with Gasteiger partial charge in [0.1, 0.15) is 4.88 Å². The molecule has 0 spiro atoms. The molecule has 0 saturated carbocycles. The van der Waals surface area contributed by atoms with E-state index in [1.54, 1.807) is 0 Å². The van der Waals surface area contributed by atoms with Crippen LogP contribution in [0, 0.1) is 0 Å². The Morgan fingerprint density at radius 1 is 1.06 bits per heavy atom. The van der Waals surface area contributed by atoms with E-state index in [9.17, 15) is 9.59 Å². The van der Waals surface area contributed by atoms with Crippen LogP contribution >= 0.6 is 22.7 Å². The maximum atomic E-state index is 11.3. The number of fused-ring (bicyclic) bond motifs is 1. The van der Waals surface area contributed by atoms with E-state index in [-0.39, 0.29) is 11.5 Å². The van der Waals surface area contributed by atoms with E-state index in [4.69, 9.17) is 17.2 Å². The van der Waals surface area contributed by atoms with Gasteiger partial charge >= 0.3 is 0 Å². The van der Waals surface area contributed by atoms with Crippen LogP contribution in [-0.4, -0.2) is 11.7 Å². The Balaban J connectivity index is 2.79. The highest BCUT2D eigenvalue weighted by atomic mass is 32.2. The Bertz CT molecular complexity index is 562. The lowest BCUT2D eigenvalue weighted by Gasteiger charge is -1.95. The maximum absolute atomic E-state index is 11.3. The molecule has 0 aliphatic rings.